The fraction of sp³-hybridized carbons (Fsp3) is 0.333. The third-order valence-electron chi connectivity index (χ3n) is 2.84. The molecule has 1 unspecified atom stereocenters. The maximum Gasteiger partial charge on any atom is 0.316 e. The molecule has 84 valence electrons. The summed E-state index contributed by atoms with van der Waals surface area (Å²) in [4.78, 5) is 24.3. The Bertz CT molecular complexity index is 405. The molecule has 1 heterocycles. The van der Waals surface area contributed by atoms with Crippen LogP contribution in [0.4, 0.5) is 4.79 Å². The van der Waals surface area contributed by atoms with Crippen LogP contribution in [-0.2, 0) is 4.79 Å². The van der Waals surface area contributed by atoms with Gasteiger partial charge in [-0.3, -0.25) is 9.59 Å². The van der Waals surface area contributed by atoms with Gasteiger partial charge in [-0.1, -0.05) is 30.3 Å². The second-order valence-corrected chi connectivity index (χ2v) is 4.19. The second kappa shape index (κ2) is 4.66. The van der Waals surface area contributed by atoms with Crippen LogP contribution in [-0.4, -0.2) is 22.6 Å². The molecule has 1 aromatic carbocycles. The van der Waals surface area contributed by atoms with Crippen molar-refractivity contribution in [2.45, 2.75) is 18.9 Å². The second-order valence-electron chi connectivity index (χ2n) is 3.87. The lowest BCUT2D eigenvalue weighted by Gasteiger charge is -2.33. The predicted octanol–water partition coefficient (Wildman–Crippen LogP) is 2.75. The Labute approximate surface area is 99.0 Å². The minimum Gasteiger partial charge on any atom is -0.321 e. The number of hydrogen-bond acceptors (Lipinski definition) is 2. The summed E-state index contributed by atoms with van der Waals surface area (Å²) in [6, 6.07) is 9.32. The van der Waals surface area contributed by atoms with E-state index in [9.17, 15) is 9.59 Å². The number of rotatable bonds is 1. The zero-order valence-corrected chi connectivity index (χ0v) is 9.48. The average molecular weight is 238 g/mol. The van der Waals surface area contributed by atoms with Crippen LogP contribution in [0, 0.1) is 0 Å². The van der Waals surface area contributed by atoms with Crippen LogP contribution in [0.1, 0.15) is 24.4 Å². The van der Waals surface area contributed by atoms with Gasteiger partial charge in [-0.05, 0) is 17.2 Å². The summed E-state index contributed by atoms with van der Waals surface area (Å²) in [6.45, 7) is 0.417. The van der Waals surface area contributed by atoms with Gasteiger partial charge < -0.3 is 4.90 Å². The summed E-state index contributed by atoms with van der Waals surface area (Å²) in [5.74, 6) is 0.183. The Kier molecular flexibility index (Phi) is 3.25. The van der Waals surface area contributed by atoms with Crippen molar-refractivity contribution >= 4 is 22.8 Å². The normalized spacial score (nSPS) is 20.9. The van der Waals surface area contributed by atoms with E-state index < -0.39 is 5.37 Å². The van der Waals surface area contributed by atoms with Crippen molar-refractivity contribution in [2.75, 3.05) is 6.54 Å². The number of hydrogen-bond donors (Lipinski definition) is 0. The zero-order valence-electron chi connectivity index (χ0n) is 8.73. The SMILES string of the molecule is O=C1CCN(C(=O)Cl)C(c2ccccc2)C1. The number of carbonyl (C=O) groups excluding carboxylic acids is 2. The molecule has 1 saturated heterocycles. The van der Waals surface area contributed by atoms with E-state index >= 15 is 0 Å². The first-order valence-electron chi connectivity index (χ1n) is 5.21. The summed E-state index contributed by atoms with van der Waals surface area (Å²) in [5.41, 5.74) is 0.963. The maximum atomic E-state index is 11.4. The van der Waals surface area contributed by atoms with Crippen molar-refractivity contribution in [3.05, 3.63) is 35.9 Å². The molecule has 0 spiro atoms. The highest BCUT2D eigenvalue weighted by Gasteiger charge is 2.30. The van der Waals surface area contributed by atoms with Crippen LogP contribution in [0.25, 0.3) is 0 Å². The number of amides is 1. The van der Waals surface area contributed by atoms with E-state index in [1.165, 1.54) is 0 Å². The molecule has 2 rings (SSSR count). The number of halogens is 1. The van der Waals surface area contributed by atoms with Gasteiger partial charge in [-0.2, -0.15) is 0 Å². The molecule has 0 aliphatic carbocycles. The third-order valence-corrected chi connectivity index (χ3v) is 3.06. The van der Waals surface area contributed by atoms with Gasteiger partial charge >= 0.3 is 5.37 Å². The molecule has 1 fully saturated rings. The van der Waals surface area contributed by atoms with Gasteiger partial charge in [-0.25, -0.2) is 0 Å². The number of carbonyl (C=O) groups is 2. The fourth-order valence-electron chi connectivity index (χ4n) is 2.01. The molecule has 1 aromatic rings. The lowest BCUT2D eigenvalue weighted by molar-refractivity contribution is -0.122. The standard InChI is InChI=1S/C12H12ClNO2/c13-12(16)14-7-6-10(15)8-11(14)9-4-2-1-3-5-9/h1-5,11H,6-8H2. The molecule has 4 heteroatoms. The molecule has 0 radical (unpaired) electrons. The minimum atomic E-state index is -0.485. The number of ketones is 1. The van der Waals surface area contributed by atoms with Crippen LogP contribution in [0.2, 0.25) is 0 Å². The summed E-state index contributed by atoms with van der Waals surface area (Å²) < 4.78 is 0. The maximum absolute atomic E-state index is 11.4. The highest BCUT2D eigenvalue weighted by molar-refractivity contribution is 6.62. The lowest BCUT2D eigenvalue weighted by atomic mass is 9.95. The largest absolute Gasteiger partial charge is 0.321 e. The summed E-state index contributed by atoms with van der Waals surface area (Å²) in [7, 11) is 0. The Morgan fingerprint density at radius 2 is 2.00 bits per heavy atom. The highest BCUT2D eigenvalue weighted by Crippen LogP contribution is 2.29. The predicted molar refractivity (Wildman–Crippen MR) is 61.4 cm³/mol. The number of Topliss-reactive ketones (excluding diaryl/α,β-unsaturated/α-hetero) is 1. The van der Waals surface area contributed by atoms with E-state index in [0.29, 0.717) is 19.4 Å². The van der Waals surface area contributed by atoms with Crippen LogP contribution in [0.5, 0.6) is 0 Å². The quantitative estimate of drug-likeness (QED) is 0.556. The van der Waals surface area contributed by atoms with Crippen LogP contribution >= 0.6 is 11.6 Å². The van der Waals surface area contributed by atoms with Crippen molar-refractivity contribution in [3.63, 3.8) is 0 Å². The molecule has 1 aliphatic heterocycles. The molecule has 0 N–H and O–H groups in total. The first-order chi connectivity index (χ1) is 7.68. The van der Waals surface area contributed by atoms with Gasteiger partial charge in [0.15, 0.2) is 0 Å². The molecule has 0 saturated carbocycles. The van der Waals surface area contributed by atoms with E-state index in [0.717, 1.165) is 5.56 Å². The van der Waals surface area contributed by atoms with E-state index in [1.54, 1.807) is 4.90 Å². The van der Waals surface area contributed by atoms with E-state index in [1.807, 2.05) is 30.3 Å². The number of nitrogens with zero attached hydrogens (tertiary/aromatic N) is 1. The highest BCUT2D eigenvalue weighted by atomic mass is 35.5. The molecule has 1 atom stereocenters. The van der Waals surface area contributed by atoms with Crippen molar-refractivity contribution in [2.24, 2.45) is 0 Å². The minimum absolute atomic E-state index is 0.183. The molecule has 1 aliphatic rings. The van der Waals surface area contributed by atoms with Crippen molar-refractivity contribution in [3.8, 4) is 0 Å². The first-order valence-corrected chi connectivity index (χ1v) is 5.59. The molecule has 0 bridgehead atoms. The van der Waals surface area contributed by atoms with Crippen LogP contribution in [0.3, 0.4) is 0 Å². The Morgan fingerprint density at radius 1 is 1.31 bits per heavy atom. The number of benzene rings is 1. The molecular formula is C12H12ClNO2. The lowest BCUT2D eigenvalue weighted by Crippen LogP contribution is -2.38. The molecule has 3 nitrogen and oxygen atoms in total. The Hall–Kier alpha value is -1.35. The fourth-order valence-corrected chi connectivity index (χ4v) is 2.21. The first kappa shape index (κ1) is 11.1. The molecular weight excluding hydrogens is 226 g/mol. The number of piperidine rings is 1. The summed E-state index contributed by atoms with van der Waals surface area (Å²) in [5, 5.41) is -0.485. The van der Waals surface area contributed by atoms with Crippen molar-refractivity contribution in [1.82, 2.24) is 4.90 Å². The van der Waals surface area contributed by atoms with Gasteiger partial charge in [0.1, 0.15) is 5.78 Å². The monoisotopic (exact) mass is 237 g/mol. The van der Waals surface area contributed by atoms with Crippen molar-refractivity contribution in [1.29, 1.82) is 0 Å². The van der Waals surface area contributed by atoms with Gasteiger partial charge in [0.2, 0.25) is 0 Å². The number of likely N-dealkylation sites (tertiary alicyclic amines) is 1. The Balaban J connectivity index is 2.27. The smallest absolute Gasteiger partial charge is 0.316 e. The van der Waals surface area contributed by atoms with Crippen LogP contribution < -0.4 is 0 Å². The zero-order chi connectivity index (χ0) is 11.5. The molecule has 16 heavy (non-hydrogen) atoms. The van der Waals surface area contributed by atoms with Crippen LogP contribution in [0.15, 0.2) is 30.3 Å². The topological polar surface area (TPSA) is 37.4 Å². The van der Waals surface area contributed by atoms with Gasteiger partial charge in [0.05, 0.1) is 6.04 Å². The van der Waals surface area contributed by atoms with Crippen molar-refractivity contribution < 1.29 is 9.59 Å². The molecule has 1 amide bonds. The van der Waals surface area contributed by atoms with Gasteiger partial charge in [0, 0.05) is 19.4 Å². The van der Waals surface area contributed by atoms with Gasteiger partial charge in [0.25, 0.3) is 0 Å². The third kappa shape index (κ3) is 2.25. The average Bonchev–Trinajstić information content (AvgIpc) is 2.29. The summed E-state index contributed by atoms with van der Waals surface area (Å²) >= 11 is 5.52. The van der Waals surface area contributed by atoms with E-state index in [-0.39, 0.29) is 11.8 Å². The van der Waals surface area contributed by atoms with Gasteiger partial charge in [-0.15, -0.1) is 0 Å². The Morgan fingerprint density at radius 3 is 2.62 bits per heavy atom. The molecule has 0 aromatic heterocycles. The van der Waals surface area contributed by atoms with E-state index in [4.69, 9.17) is 11.6 Å². The summed E-state index contributed by atoms with van der Waals surface area (Å²) in [6.07, 6.45) is 0.768. The van der Waals surface area contributed by atoms with E-state index in [2.05, 4.69) is 0 Å².